The summed E-state index contributed by atoms with van der Waals surface area (Å²) >= 11 is 0. The number of nitrogens with one attached hydrogen (secondary N) is 1. The zero-order valence-corrected chi connectivity index (χ0v) is 13.6. The van der Waals surface area contributed by atoms with Crippen LogP contribution in [-0.4, -0.2) is 48.6 Å². The van der Waals surface area contributed by atoms with Crippen LogP contribution in [0.3, 0.4) is 0 Å². The molecule has 1 fully saturated rings. The molecular weight excluding hydrogens is 268 g/mol. The Morgan fingerprint density at radius 3 is 2.62 bits per heavy atom. The number of carboxylic acids is 1. The van der Waals surface area contributed by atoms with Gasteiger partial charge in [0.25, 0.3) is 0 Å². The first-order valence-corrected chi connectivity index (χ1v) is 8.11. The molecule has 0 aromatic heterocycles. The molecule has 1 rings (SSSR count). The highest BCUT2D eigenvalue weighted by atomic mass is 16.4. The number of carboxylic acid groups (broad SMARTS) is 1. The molecular formula is C16H30N2O3. The zero-order chi connectivity index (χ0) is 15.8. The molecule has 3 atom stereocenters. The van der Waals surface area contributed by atoms with E-state index in [0.29, 0.717) is 25.6 Å². The van der Waals surface area contributed by atoms with Crippen LogP contribution < -0.4 is 5.32 Å². The van der Waals surface area contributed by atoms with Crippen LogP contribution in [0.15, 0.2) is 0 Å². The van der Waals surface area contributed by atoms with Crippen LogP contribution in [0.25, 0.3) is 0 Å². The molecule has 5 nitrogen and oxygen atoms in total. The third kappa shape index (κ3) is 6.04. The second-order valence-electron chi connectivity index (χ2n) is 6.45. The molecule has 2 N–H and O–H groups in total. The number of aliphatic carboxylic acids is 1. The van der Waals surface area contributed by atoms with Gasteiger partial charge in [-0.15, -0.1) is 0 Å². The van der Waals surface area contributed by atoms with Crippen molar-refractivity contribution in [3.63, 3.8) is 0 Å². The van der Waals surface area contributed by atoms with Gasteiger partial charge in [-0.2, -0.15) is 0 Å². The third-order valence-corrected chi connectivity index (χ3v) is 4.39. The predicted octanol–water partition coefficient (Wildman–Crippen LogP) is 1.97. The van der Waals surface area contributed by atoms with Crippen LogP contribution in [0.1, 0.15) is 46.0 Å². The molecule has 1 amide bonds. The molecule has 3 unspecified atom stereocenters. The monoisotopic (exact) mass is 298 g/mol. The van der Waals surface area contributed by atoms with E-state index < -0.39 is 11.9 Å². The van der Waals surface area contributed by atoms with E-state index in [1.165, 1.54) is 12.8 Å². The van der Waals surface area contributed by atoms with E-state index in [-0.39, 0.29) is 11.8 Å². The number of hydrogen-bond acceptors (Lipinski definition) is 3. The third-order valence-electron chi connectivity index (χ3n) is 4.39. The Hall–Kier alpha value is -1.10. The SMILES string of the molecule is CNCCN(CC(C)C(=O)O)C(=O)C1CCCCC(C)C1. The quantitative estimate of drug-likeness (QED) is 0.705. The fourth-order valence-electron chi connectivity index (χ4n) is 3.03. The van der Waals surface area contributed by atoms with Gasteiger partial charge in [0, 0.05) is 25.6 Å². The van der Waals surface area contributed by atoms with E-state index in [1.807, 2.05) is 7.05 Å². The smallest absolute Gasteiger partial charge is 0.308 e. The molecule has 0 bridgehead atoms. The number of likely N-dealkylation sites (N-methyl/N-ethyl adjacent to an activating group) is 1. The average molecular weight is 298 g/mol. The maximum Gasteiger partial charge on any atom is 0.308 e. The lowest BCUT2D eigenvalue weighted by Crippen LogP contribution is -2.43. The van der Waals surface area contributed by atoms with Crippen LogP contribution in [0.5, 0.6) is 0 Å². The van der Waals surface area contributed by atoms with Crippen molar-refractivity contribution in [1.82, 2.24) is 10.2 Å². The van der Waals surface area contributed by atoms with Crippen molar-refractivity contribution in [2.45, 2.75) is 46.0 Å². The fourth-order valence-corrected chi connectivity index (χ4v) is 3.03. The molecule has 0 aromatic rings. The molecule has 5 heteroatoms. The zero-order valence-electron chi connectivity index (χ0n) is 13.6. The van der Waals surface area contributed by atoms with Gasteiger partial charge in [-0.25, -0.2) is 0 Å². The molecule has 0 heterocycles. The maximum absolute atomic E-state index is 12.8. The Morgan fingerprint density at radius 1 is 1.33 bits per heavy atom. The molecule has 0 spiro atoms. The molecule has 0 saturated heterocycles. The van der Waals surface area contributed by atoms with Gasteiger partial charge >= 0.3 is 5.97 Å². The summed E-state index contributed by atoms with van der Waals surface area (Å²) in [6.45, 7) is 5.46. The van der Waals surface area contributed by atoms with Crippen LogP contribution in [0.4, 0.5) is 0 Å². The molecule has 122 valence electrons. The van der Waals surface area contributed by atoms with Gasteiger partial charge in [-0.3, -0.25) is 9.59 Å². The summed E-state index contributed by atoms with van der Waals surface area (Å²) in [5.41, 5.74) is 0. The Balaban J connectivity index is 2.70. The first kappa shape index (κ1) is 18.0. The summed E-state index contributed by atoms with van der Waals surface area (Å²) in [4.78, 5) is 25.6. The highest BCUT2D eigenvalue weighted by molar-refractivity contribution is 5.79. The predicted molar refractivity (Wildman–Crippen MR) is 83.0 cm³/mol. The van der Waals surface area contributed by atoms with Gasteiger partial charge in [0.15, 0.2) is 0 Å². The lowest BCUT2D eigenvalue weighted by molar-refractivity contribution is -0.144. The van der Waals surface area contributed by atoms with Crippen molar-refractivity contribution in [3.8, 4) is 0 Å². The van der Waals surface area contributed by atoms with Gasteiger partial charge in [-0.1, -0.05) is 33.1 Å². The van der Waals surface area contributed by atoms with Gasteiger partial charge in [0.1, 0.15) is 0 Å². The number of nitrogens with zero attached hydrogens (tertiary/aromatic N) is 1. The van der Waals surface area contributed by atoms with E-state index in [4.69, 9.17) is 5.11 Å². The highest BCUT2D eigenvalue weighted by Crippen LogP contribution is 2.28. The van der Waals surface area contributed by atoms with E-state index in [0.717, 1.165) is 19.3 Å². The first-order chi connectivity index (χ1) is 9.95. The lowest BCUT2D eigenvalue weighted by atomic mass is 9.93. The second-order valence-corrected chi connectivity index (χ2v) is 6.45. The standard InChI is InChI=1S/C16H30N2O3/c1-12-6-4-5-7-14(10-12)15(19)18(9-8-17-3)11-13(2)16(20)21/h12-14,17H,4-11H2,1-3H3,(H,20,21). The number of rotatable bonds is 7. The minimum atomic E-state index is -0.841. The summed E-state index contributed by atoms with van der Waals surface area (Å²) in [6, 6.07) is 0. The lowest BCUT2D eigenvalue weighted by Gasteiger charge is -2.29. The van der Waals surface area contributed by atoms with Gasteiger partial charge in [0.05, 0.1) is 5.92 Å². The van der Waals surface area contributed by atoms with Crippen LogP contribution in [-0.2, 0) is 9.59 Å². The van der Waals surface area contributed by atoms with Crippen molar-refractivity contribution in [2.75, 3.05) is 26.7 Å². The van der Waals surface area contributed by atoms with Crippen molar-refractivity contribution in [3.05, 3.63) is 0 Å². The molecule has 1 aliphatic rings. The number of carbonyl (C=O) groups is 2. The average Bonchev–Trinajstić information content (AvgIpc) is 2.66. The second kappa shape index (κ2) is 9.03. The van der Waals surface area contributed by atoms with Crippen molar-refractivity contribution in [1.29, 1.82) is 0 Å². The Bertz CT molecular complexity index is 346. The fraction of sp³-hybridized carbons (Fsp3) is 0.875. The molecule has 1 aliphatic carbocycles. The van der Waals surface area contributed by atoms with Crippen LogP contribution in [0.2, 0.25) is 0 Å². The number of amides is 1. The molecule has 21 heavy (non-hydrogen) atoms. The van der Waals surface area contributed by atoms with Crippen molar-refractivity contribution < 1.29 is 14.7 Å². The van der Waals surface area contributed by atoms with E-state index >= 15 is 0 Å². The summed E-state index contributed by atoms with van der Waals surface area (Å²) in [5, 5.41) is 12.1. The summed E-state index contributed by atoms with van der Waals surface area (Å²) in [6.07, 6.45) is 5.39. The maximum atomic E-state index is 12.8. The van der Waals surface area contributed by atoms with Crippen molar-refractivity contribution in [2.24, 2.45) is 17.8 Å². The number of hydrogen-bond donors (Lipinski definition) is 2. The summed E-state index contributed by atoms with van der Waals surface area (Å²) in [5.74, 6) is -0.558. The van der Waals surface area contributed by atoms with Crippen LogP contribution in [0, 0.1) is 17.8 Å². The van der Waals surface area contributed by atoms with Crippen LogP contribution >= 0.6 is 0 Å². The molecule has 0 radical (unpaired) electrons. The van der Waals surface area contributed by atoms with E-state index in [2.05, 4.69) is 12.2 Å². The van der Waals surface area contributed by atoms with Gasteiger partial charge < -0.3 is 15.3 Å². The van der Waals surface area contributed by atoms with E-state index in [1.54, 1.807) is 11.8 Å². The number of carbonyl (C=O) groups excluding carboxylic acids is 1. The Kier molecular flexibility index (Phi) is 7.72. The molecule has 1 saturated carbocycles. The van der Waals surface area contributed by atoms with Crippen molar-refractivity contribution >= 4 is 11.9 Å². The highest BCUT2D eigenvalue weighted by Gasteiger charge is 2.29. The molecule has 0 aromatic carbocycles. The largest absolute Gasteiger partial charge is 0.481 e. The minimum absolute atomic E-state index is 0.0698. The van der Waals surface area contributed by atoms with E-state index in [9.17, 15) is 9.59 Å². The topological polar surface area (TPSA) is 69.6 Å². The normalized spacial score (nSPS) is 24.1. The first-order valence-electron chi connectivity index (χ1n) is 8.11. The minimum Gasteiger partial charge on any atom is -0.481 e. The summed E-state index contributed by atoms with van der Waals surface area (Å²) < 4.78 is 0. The molecule has 0 aliphatic heterocycles. The summed E-state index contributed by atoms with van der Waals surface area (Å²) in [7, 11) is 1.84. The Labute approximate surface area is 128 Å². The van der Waals surface area contributed by atoms with Gasteiger partial charge in [0.2, 0.25) is 5.91 Å². The Morgan fingerprint density at radius 2 is 2.00 bits per heavy atom. The van der Waals surface area contributed by atoms with Gasteiger partial charge in [-0.05, 0) is 25.8 Å².